The summed E-state index contributed by atoms with van der Waals surface area (Å²) >= 11 is 0. The van der Waals surface area contributed by atoms with Crippen LogP contribution in [0.25, 0.3) is 0 Å². The molecule has 0 unspecified atom stereocenters. The Morgan fingerprint density at radius 1 is 1.50 bits per heavy atom. The van der Waals surface area contributed by atoms with Crippen LogP contribution in [0.3, 0.4) is 0 Å². The molecule has 68 valence electrons. The van der Waals surface area contributed by atoms with Crippen molar-refractivity contribution >= 4 is 5.97 Å². The summed E-state index contributed by atoms with van der Waals surface area (Å²) in [5, 5.41) is 8.35. The normalized spacial score (nSPS) is 10.4. The molecule has 0 fully saturated rings. The molecule has 1 N–H and O–H groups in total. The van der Waals surface area contributed by atoms with E-state index < -0.39 is 5.97 Å². The number of carbonyl (C=O) groups is 1. The first kappa shape index (κ1) is 11.0. The molecule has 2 heteroatoms. The van der Waals surface area contributed by atoms with Gasteiger partial charge in [-0.15, -0.1) is 0 Å². The highest BCUT2D eigenvalue weighted by molar-refractivity contribution is 5.66. The molecule has 0 rings (SSSR count). The third kappa shape index (κ3) is 7.06. The second-order valence-corrected chi connectivity index (χ2v) is 2.72. The van der Waals surface area contributed by atoms with Crippen LogP contribution in [0.2, 0.25) is 0 Å². The van der Waals surface area contributed by atoms with Crippen molar-refractivity contribution in [2.45, 2.75) is 32.6 Å². The second kappa shape index (κ2) is 6.65. The Kier molecular flexibility index (Phi) is 6.07. The van der Waals surface area contributed by atoms with Crippen LogP contribution < -0.4 is 0 Å². The van der Waals surface area contributed by atoms with Gasteiger partial charge in [0.2, 0.25) is 0 Å². The first-order valence-corrected chi connectivity index (χ1v) is 4.23. The molecule has 0 aromatic heterocycles. The van der Waals surface area contributed by atoms with Gasteiger partial charge < -0.3 is 5.11 Å². The summed E-state index contributed by atoms with van der Waals surface area (Å²) in [6.45, 7) is 5.87. The molecule has 0 aromatic carbocycles. The van der Waals surface area contributed by atoms with Gasteiger partial charge in [-0.25, -0.2) is 0 Å². The van der Waals surface area contributed by atoms with Gasteiger partial charge in [0.05, 0.1) is 0 Å². The monoisotopic (exact) mass is 168 g/mol. The first-order chi connectivity index (χ1) is 5.66. The molecule has 0 amide bonds. The van der Waals surface area contributed by atoms with E-state index in [-0.39, 0.29) is 6.42 Å². The minimum atomic E-state index is -0.734. The van der Waals surface area contributed by atoms with Crippen LogP contribution in [0.4, 0.5) is 0 Å². The number of aliphatic carboxylic acids is 1. The van der Waals surface area contributed by atoms with Gasteiger partial charge in [0, 0.05) is 6.42 Å². The zero-order chi connectivity index (χ0) is 9.40. The maximum atomic E-state index is 10.1. The fraction of sp³-hybridized carbons (Fsp3) is 0.500. The summed E-state index contributed by atoms with van der Waals surface area (Å²) in [4.78, 5) is 10.1. The molecule has 0 aliphatic carbocycles. The lowest BCUT2D eigenvalue weighted by molar-refractivity contribution is -0.137. The maximum absolute atomic E-state index is 10.1. The van der Waals surface area contributed by atoms with E-state index >= 15 is 0 Å². The number of allylic oxidation sites excluding steroid dienone is 3. The topological polar surface area (TPSA) is 37.3 Å². The van der Waals surface area contributed by atoms with Gasteiger partial charge in [-0.1, -0.05) is 31.2 Å². The Labute approximate surface area is 73.6 Å². The van der Waals surface area contributed by atoms with Crippen LogP contribution in [0.1, 0.15) is 32.6 Å². The third-order valence-corrected chi connectivity index (χ3v) is 1.48. The minimum absolute atomic E-state index is 0.235. The van der Waals surface area contributed by atoms with Gasteiger partial charge in [-0.05, 0) is 19.3 Å². The van der Waals surface area contributed by atoms with E-state index in [0.29, 0.717) is 6.42 Å². The second-order valence-electron chi connectivity index (χ2n) is 2.72. The van der Waals surface area contributed by atoms with Crippen LogP contribution in [0.5, 0.6) is 0 Å². The van der Waals surface area contributed by atoms with E-state index in [2.05, 4.69) is 13.5 Å². The van der Waals surface area contributed by atoms with Gasteiger partial charge in [0.25, 0.3) is 0 Å². The van der Waals surface area contributed by atoms with Gasteiger partial charge in [0.15, 0.2) is 0 Å². The SMILES string of the molecule is C=C(/C=C\CC)CCCC(=O)O. The Morgan fingerprint density at radius 3 is 2.67 bits per heavy atom. The van der Waals surface area contributed by atoms with Crippen LogP contribution in [-0.2, 0) is 4.79 Å². The largest absolute Gasteiger partial charge is 0.481 e. The quantitative estimate of drug-likeness (QED) is 0.619. The Balaban J connectivity index is 3.44. The highest BCUT2D eigenvalue weighted by Gasteiger charge is 1.96. The summed E-state index contributed by atoms with van der Waals surface area (Å²) in [6, 6.07) is 0. The van der Waals surface area contributed by atoms with Gasteiger partial charge >= 0.3 is 5.97 Å². The molecule has 0 saturated carbocycles. The molecule has 0 bridgehead atoms. The zero-order valence-electron chi connectivity index (χ0n) is 7.55. The van der Waals surface area contributed by atoms with Gasteiger partial charge in [-0.2, -0.15) is 0 Å². The lowest BCUT2D eigenvalue weighted by Crippen LogP contribution is -1.93. The van der Waals surface area contributed by atoms with Crippen LogP contribution in [0.15, 0.2) is 24.3 Å². The molecule has 0 radical (unpaired) electrons. The molecule has 0 spiro atoms. The van der Waals surface area contributed by atoms with Crippen LogP contribution in [0, 0.1) is 0 Å². The van der Waals surface area contributed by atoms with Crippen molar-refractivity contribution < 1.29 is 9.90 Å². The highest BCUT2D eigenvalue weighted by atomic mass is 16.4. The van der Waals surface area contributed by atoms with E-state index in [0.717, 1.165) is 18.4 Å². The van der Waals surface area contributed by atoms with Crippen LogP contribution in [-0.4, -0.2) is 11.1 Å². The predicted octanol–water partition coefficient (Wildman–Crippen LogP) is 2.76. The number of hydrogen-bond donors (Lipinski definition) is 1. The van der Waals surface area contributed by atoms with Gasteiger partial charge in [0.1, 0.15) is 0 Å². The van der Waals surface area contributed by atoms with E-state index in [1.807, 2.05) is 12.2 Å². The summed E-state index contributed by atoms with van der Waals surface area (Å²) in [7, 11) is 0. The van der Waals surface area contributed by atoms with Crippen molar-refractivity contribution in [1.82, 2.24) is 0 Å². The highest BCUT2D eigenvalue weighted by Crippen LogP contribution is 2.06. The molecule has 0 heterocycles. The lowest BCUT2D eigenvalue weighted by Gasteiger charge is -1.96. The molecule has 0 aliphatic rings. The molecular formula is C10H16O2. The molecule has 0 atom stereocenters. The molecule has 2 nitrogen and oxygen atoms in total. The lowest BCUT2D eigenvalue weighted by atomic mass is 10.1. The summed E-state index contributed by atoms with van der Waals surface area (Å²) in [6.07, 6.45) is 6.69. The van der Waals surface area contributed by atoms with Gasteiger partial charge in [-0.3, -0.25) is 4.79 Å². The van der Waals surface area contributed by atoms with Crippen molar-refractivity contribution in [2.24, 2.45) is 0 Å². The van der Waals surface area contributed by atoms with E-state index in [1.165, 1.54) is 0 Å². The Morgan fingerprint density at radius 2 is 2.17 bits per heavy atom. The van der Waals surface area contributed by atoms with E-state index in [4.69, 9.17) is 5.11 Å². The minimum Gasteiger partial charge on any atom is -0.481 e. The Hall–Kier alpha value is -1.05. The fourth-order valence-electron chi connectivity index (χ4n) is 0.835. The Bertz CT molecular complexity index is 180. The number of hydrogen-bond acceptors (Lipinski definition) is 1. The van der Waals surface area contributed by atoms with Crippen molar-refractivity contribution in [3.05, 3.63) is 24.3 Å². The summed E-state index contributed by atoms with van der Waals surface area (Å²) in [5.74, 6) is -0.734. The average Bonchev–Trinajstić information content (AvgIpc) is 2.00. The molecule has 0 aliphatic heterocycles. The molecular weight excluding hydrogens is 152 g/mol. The standard InChI is InChI=1S/C10H16O2/c1-3-4-6-9(2)7-5-8-10(11)12/h4,6H,2-3,5,7-8H2,1H3,(H,11,12)/b6-4-. The summed E-state index contributed by atoms with van der Waals surface area (Å²) < 4.78 is 0. The van der Waals surface area contributed by atoms with E-state index in [9.17, 15) is 4.79 Å². The predicted molar refractivity (Wildman–Crippen MR) is 50.1 cm³/mol. The summed E-state index contributed by atoms with van der Waals surface area (Å²) in [5.41, 5.74) is 1.01. The number of rotatable bonds is 6. The number of carboxylic acid groups (broad SMARTS) is 1. The zero-order valence-corrected chi connectivity index (χ0v) is 7.55. The number of carboxylic acids is 1. The molecule has 12 heavy (non-hydrogen) atoms. The fourth-order valence-corrected chi connectivity index (χ4v) is 0.835. The molecule has 0 aromatic rings. The van der Waals surface area contributed by atoms with Crippen molar-refractivity contribution in [3.8, 4) is 0 Å². The van der Waals surface area contributed by atoms with Crippen molar-refractivity contribution in [3.63, 3.8) is 0 Å². The van der Waals surface area contributed by atoms with Crippen molar-refractivity contribution in [1.29, 1.82) is 0 Å². The maximum Gasteiger partial charge on any atom is 0.303 e. The third-order valence-electron chi connectivity index (χ3n) is 1.48. The van der Waals surface area contributed by atoms with Crippen LogP contribution >= 0.6 is 0 Å². The first-order valence-electron chi connectivity index (χ1n) is 4.23. The smallest absolute Gasteiger partial charge is 0.303 e. The van der Waals surface area contributed by atoms with E-state index in [1.54, 1.807) is 0 Å². The van der Waals surface area contributed by atoms with Crippen molar-refractivity contribution in [2.75, 3.05) is 0 Å². The molecule has 0 saturated heterocycles. The average molecular weight is 168 g/mol.